The number of methoxy groups -OCH3 is 1. The van der Waals surface area contributed by atoms with Gasteiger partial charge in [0.2, 0.25) is 0 Å². The number of amides is 1. The van der Waals surface area contributed by atoms with Gasteiger partial charge in [-0.05, 0) is 37.2 Å². The average Bonchev–Trinajstić information content (AvgIpc) is 3.00. The number of anilines is 2. The first-order valence-corrected chi connectivity index (χ1v) is 13.5. The lowest BCUT2D eigenvalue weighted by Gasteiger charge is -2.40. The molecule has 3 aromatic rings. The summed E-state index contributed by atoms with van der Waals surface area (Å²) in [5, 5.41) is 48.5. The topological polar surface area (TPSA) is 191 Å². The first-order chi connectivity index (χ1) is 20.2. The van der Waals surface area contributed by atoms with Crippen molar-refractivity contribution in [3.8, 4) is 17.1 Å². The highest BCUT2D eigenvalue weighted by atomic mass is 35.5. The predicted octanol–water partition coefficient (Wildman–Crippen LogP) is 0.635. The van der Waals surface area contributed by atoms with Gasteiger partial charge in [-0.3, -0.25) is 9.78 Å². The smallest absolute Gasteiger partial charge is 0.255 e. The van der Waals surface area contributed by atoms with E-state index in [0.717, 1.165) is 0 Å². The molecule has 1 amide bonds. The Balaban J connectivity index is 1.34. The third-order valence-electron chi connectivity index (χ3n) is 6.65. The molecule has 1 aromatic carbocycles. The maximum atomic E-state index is 14.4. The predicted molar refractivity (Wildman–Crippen MR) is 150 cm³/mol. The first kappa shape index (κ1) is 31.4. The number of aliphatic hydroxyl groups is 4. The molecule has 0 saturated carbocycles. The number of rotatable bonds is 12. The fourth-order valence-electron chi connectivity index (χ4n) is 4.37. The zero-order valence-corrected chi connectivity index (χ0v) is 23.3. The third-order valence-corrected chi connectivity index (χ3v) is 6.88. The Labute approximate surface area is 245 Å². The number of benzene rings is 1. The number of hydrogen-bond acceptors (Lipinski definition) is 12. The van der Waals surface area contributed by atoms with E-state index in [1.165, 1.54) is 43.9 Å². The minimum Gasteiger partial charge on any atom is -0.491 e. The summed E-state index contributed by atoms with van der Waals surface area (Å²) in [6.07, 6.45) is -1.30. The second-order valence-corrected chi connectivity index (χ2v) is 9.88. The van der Waals surface area contributed by atoms with Gasteiger partial charge in [0.25, 0.3) is 5.91 Å². The zero-order chi connectivity index (χ0) is 30.2. The molecule has 0 bridgehead atoms. The van der Waals surface area contributed by atoms with E-state index in [2.05, 4.69) is 30.9 Å². The summed E-state index contributed by atoms with van der Waals surface area (Å²) in [6, 6.07) is 5.62. The lowest BCUT2D eigenvalue weighted by molar-refractivity contribution is -0.229. The highest BCUT2D eigenvalue weighted by Gasteiger charge is 2.42. The van der Waals surface area contributed by atoms with Crippen molar-refractivity contribution in [3.05, 3.63) is 59.3 Å². The van der Waals surface area contributed by atoms with Gasteiger partial charge in [0, 0.05) is 30.5 Å². The maximum absolute atomic E-state index is 14.4. The first-order valence-electron chi connectivity index (χ1n) is 13.1. The maximum Gasteiger partial charge on any atom is 0.255 e. The van der Waals surface area contributed by atoms with Crippen molar-refractivity contribution < 1.29 is 39.1 Å². The molecule has 7 N–H and O–H groups in total. The SMILES string of the molecule is COc1cnc(-c2cc(Cl)ccc2F)nc1Nc1ccncc1C(=O)NCCNCCC1O[C@H](CO)[C@@H](O)[C@H](O)[C@@H]1O. The van der Waals surface area contributed by atoms with Gasteiger partial charge in [0.15, 0.2) is 17.4 Å². The highest BCUT2D eigenvalue weighted by molar-refractivity contribution is 6.30. The molecule has 0 aliphatic carbocycles. The quantitative estimate of drug-likeness (QED) is 0.143. The van der Waals surface area contributed by atoms with Gasteiger partial charge in [0.1, 0.15) is 30.2 Å². The lowest BCUT2D eigenvalue weighted by atomic mass is 9.93. The van der Waals surface area contributed by atoms with Gasteiger partial charge in [-0.15, -0.1) is 0 Å². The van der Waals surface area contributed by atoms with Gasteiger partial charge < -0.3 is 45.9 Å². The molecule has 1 aliphatic rings. The minimum absolute atomic E-state index is 0.0631. The van der Waals surface area contributed by atoms with Crippen LogP contribution in [0.3, 0.4) is 0 Å². The molecule has 226 valence electrons. The monoisotopic (exact) mass is 606 g/mol. The number of aromatic nitrogens is 3. The minimum atomic E-state index is -1.42. The molecule has 4 rings (SSSR count). The van der Waals surface area contributed by atoms with Crippen molar-refractivity contribution in [1.29, 1.82) is 0 Å². The van der Waals surface area contributed by atoms with Crippen LogP contribution in [0.5, 0.6) is 5.75 Å². The van der Waals surface area contributed by atoms with E-state index >= 15 is 0 Å². The Kier molecular flexibility index (Phi) is 10.9. The molecule has 15 heteroatoms. The van der Waals surface area contributed by atoms with E-state index in [4.69, 9.17) is 21.1 Å². The van der Waals surface area contributed by atoms with Crippen molar-refractivity contribution in [1.82, 2.24) is 25.6 Å². The van der Waals surface area contributed by atoms with E-state index in [1.807, 2.05) is 0 Å². The Morgan fingerprint density at radius 3 is 2.64 bits per heavy atom. The number of halogens is 2. The van der Waals surface area contributed by atoms with Crippen LogP contribution >= 0.6 is 11.6 Å². The number of nitrogens with one attached hydrogen (secondary N) is 3. The molecule has 3 heterocycles. The number of ether oxygens (including phenoxy) is 2. The summed E-state index contributed by atoms with van der Waals surface area (Å²) in [6.45, 7) is 0.510. The van der Waals surface area contributed by atoms with Crippen molar-refractivity contribution in [2.45, 2.75) is 36.9 Å². The molecule has 0 radical (unpaired) electrons. The highest BCUT2D eigenvalue weighted by Crippen LogP contribution is 2.30. The summed E-state index contributed by atoms with van der Waals surface area (Å²) in [4.78, 5) is 25.6. The van der Waals surface area contributed by atoms with Crippen LogP contribution in [0.1, 0.15) is 16.8 Å². The van der Waals surface area contributed by atoms with Gasteiger partial charge in [0.05, 0.1) is 42.8 Å². The van der Waals surface area contributed by atoms with Gasteiger partial charge >= 0.3 is 0 Å². The molecular formula is C27H32ClFN6O7. The standard InChI is InChI=1S/C27H32ClFN6O7/c1-41-20-12-33-25(15-10-14(28)2-3-17(15)29)35-26(20)34-18-4-6-31-11-16(18)27(40)32-9-8-30-7-5-19-22(37)24(39)23(38)21(13-36)42-19/h2-4,6,10-12,19,21-24,30,36-39H,5,7-9,13H2,1H3,(H,32,40)(H,31,33,34,35)/t19?,21-,22-,23-,24-/m1/s1. The number of carbonyl (C=O) groups excluding carboxylic acids is 1. The number of aliphatic hydroxyl groups excluding tert-OH is 4. The summed E-state index contributed by atoms with van der Waals surface area (Å²) < 4.78 is 25.3. The Hall–Kier alpha value is -3.50. The van der Waals surface area contributed by atoms with Crippen molar-refractivity contribution in [3.63, 3.8) is 0 Å². The number of nitrogens with zero attached hydrogens (tertiary/aromatic N) is 3. The Morgan fingerprint density at radius 2 is 1.88 bits per heavy atom. The molecule has 13 nitrogen and oxygen atoms in total. The molecule has 5 atom stereocenters. The fourth-order valence-corrected chi connectivity index (χ4v) is 4.54. The van der Waals surface area contributed by atoms with Crippen LogP contribution in [0.4, 0.5) is 15.9 Å². The molecule has 1 fully saturated rings. The largest absolute Gasteiger partial charge is 0.491 e. The molecular weight excluding hydrogens is 575 g/mol. The fraction of sp³-hybridized carbons (Fsp3) is 0.407. The van der Waals surface area contributed by atoms with Gasteiger partial charge in [-0.2, -0.15) is 0 Å². The normalized spacial score (nSPS) is 22.0. The van der Waals surface area contributed by atoms with Crippen molar-refractivity contribution >= 4 is 29.0 Å². The molecule has 0 spiro atoms. The summed E-state index contributed by atoms with van der Waals surface area (Å²) in [5.74, 6) is -0.463. The summed E-state index contributed by atoms with van der Waals surface area (Å²) in [5.41, 5.74) is 0.683. The second kappa shape index (κ2) is 14.6. The molecule has 1 aliphatic heterocycles. The van der Waals surface area contributed by atoms with E-state index < -0.39 is 48.9 Å². The van der Waals surface area contributed by atoms with Crippen LogP contribution in [-0.2, 0) is 4.74 Å². The average molecular weight is 607 g/mol. The van der Waals surface area contributed by atoms with Crippen LogP contribution in [0, 0.1) is 5.82 Å². The molecule has 1 unspecified atom stereocenters. The zero-order valence-electron chi connectivity index (χ0n) is 22.6. The van der Waals surface area contributed by atoms with Crippen molar-refractivity contribution in [2.24, 2.45) is 0 Å². The van der Waals surface area contributed by atoms with E-state index in [1.54, 1.807) is 6.07 Å². The van der Waals surface area contributed by atoms with E-state index in [9.17, 15) is 29.6 Å². The van der Waals surface area contributed by atoms with Crippen LogP contribution in [-0.4, -0.2) is 105 Å². The Morgan fingerprint density at radius 1 is 1.10 bits per heavy atom. The van der Waals surface area contributed by atoms with Gasteiger partial charge in [-0.25, -0.2) is 14.4 Å². The van der Waals surface area contributed by atoms with Crippen LogP contribution in [0.25, 0.3) is 11.4 Å². The van der Waals surface area contributed by atoms with Crippen molar-refractivity contribution in [2.75, 3.05) is 38.7 Å². The number of pyridine rings is 1. The van der Waals surface area contributed by atoms with E-state index in [0.29, 0.717) is 30.2 Å². The molecule has 2 aromatic heterocycles. The second-order valence-electron chi connectivity index (χ2n) is 9.44. The van der Waals surface area contributed by atoms with E-state index in [-0.39, 0.29) is 35.1 Å². The third kappa shape index (κ3) is 7.46. The molecule has 1 saturated heterocycles. The van der Waals surface area contributed by atoms with Gasteiger partial charge in [-0.1, -0.05) is 11.6 Å². The molecule has 42 heavy (non-hydrogen) atoms. The lowest BCUT2D eigenvalue weighted by Crippen LogP contribution is -2.58. The number of hydrogen-bond donors (Lipinski definition) is 7. The summed E-state index contributed by atoms with van der Waals surface area (Å²) in [7, 11) is 1.42. The summed E-state index contributed by atoms with van der Waals surface area (Å²) >= 11 is 6.02. The van der Waals surface area contributed by atoms with Crippen LogP contribution < -0.4 is 20.7 Å². The van der Waals surface area contributed by atoms with Crippen LogP contribution in [0.15, 0.2) is 42.9 Å². The number of carbonyl (C=O) groups is 1. The Bertz CT molecular complexity index is 1370. The van der Waals surface area contributed by atoms with Crippen LogP contribution in [0.2, 0.25) is 5.02 Å².